The summed E-state index contributed by atoms with van der Waals surface area (Å²) in [4.78, 5) is 6.52. The molecule has 21 heavy (non-hydrogen) atoms. The van der Waals surface area contributed by atoms with Crippen LogP contribution in [0, 0.1) is 5.82 Å². The third-order valence-corrected chi connectivity index (χ3v) is 3.95. The highest BCUT2D eigenvalue weighted by Gasteiger charge is 2.16. The highest BCUT2D eigenvalue weighted by Crippen LogP contribution is 2.22. The summed E-state index contributed by atoms with van der Waals surface area (Å²) in [5, 5.41) is 4.11. The van der Waals surface area contributed by atoms with Crippen LogP contribution in [0.1, 0.15) is 37.2 Å². The van der Waals surface area contributed by atoms with Crippen LogP contribution in [-0.4, -0.2) is 34.9 Å². The second-order valence-electron chi connectivity index (χ2n) is 5.53. The first kappa shape index (κ1) is 15.9. The van der Waals surface area contributed by atoms with Crippen molar-refractivity contribution in [3.8, 4) is 0 Å². The summed E-state index contributed by atoms with van der Waals surface area (Å²) >= 11 is 1.37. The van der Waals surface area contributed by atoms with Gasteiger partial charge in [-0.2, -0.15) is 4.37 Å². The minimum absolute atomic E-state index is 0.0760. The second kappa shape index (κ2) is 6.95. The molecule has 2 aromatic rings. The van der Waals surface area contributed by atoms with Crippen LogP contribution in [0.2, 0.25) is 0 Å². The van der Waals surface area contributed by atoms with Gasteiger partial charge in [0, 0.05) is 24.0 Å². The number of anilines is 1. The van der Waals surface area contributed by atoms with Crippen LogP contribution >= 0.6 is 11.5 Å². The largest absolute Gasteiger partial charge is 0.358 e. The van der Waals surface area contributed by atoms with Crippen LogP contribution in [0.3, 0.4) is 0 Å². The number of benzene rings is 1. The van der Waals surface area contributed by atoms with Crippen molar-refractivity contribution < 1.29 is 4.39 Å². The van der Waals surface area contributed by atoms with E-state index in [1.165, 1.54) is 17.6 Å². The van der Waals surface area contributed by atoms with Gasteiger partial charge in [-0.3, -0.25) is 0 Å². The van der Waals surface area contributed by atoms with Crippen molar-refractivity contribution in [2.75, 3.05) is 26.0 Å². The first-order chi connectivity index (χ1) is 9.97. The molecule has 114 valence electrons. The van der Waals surface area contributed by atoms with Gasteiger partial charge in [-0.05, 0) is 31.8 Å². The Morgan fingerprint density at radius 2 is 2.10 bits per heavy atom. The molecule has 0 aliphatic heterocycles. The number of hydrogen-bond acceptors (Lipinski definition) is 5. The zero-order chi connectivity index (χ0) is 15.4. The number of aromatic nitrogens is 2. The van der Waals surface area contributed by atoms with E-state index in [9.17, 15) is 4.39 Å². The van der Waals surface area contributed by atoms with Crippen molar-refractivity contribution in [2.45, 2.75) is 25.8 Å². The molecule has 2 rings (SSSR count). The molecule has 0 amide bonds. The normalized spacial score (nSPS) is 12.9. The van der Waals surface area contributed by atoms with Crippen molar-refractivity contribution in [3.05, 3.63) is 41.5 Å². The molecule has 0 bridgehead atoms. The summed E-state index contributed by atoms with van der Waals surface area (Å²) in [5.74, 6) is 0.969. The van der Waals surface area contributed by atoms with E-state index in [0.29, 0.717) is 12.5 Å². The van der Waals surface area contributed by atoms with E-state index < -0.39 is 0 Å². The van der Waals surface area contributed by atoms with Crippen LogP contribution in [0.15, 0.2) is 24.3 Å². The molecule has 1 aromatic heterocycles. The molecular weight excluding hydrogens is 287 g/mol. The lowest BCUT2D eigenvalue weighted by molar-refractivity contribution is 0.311. The Kier molecular flexibility index (Phi) is 5.25. The van der Waals surface area contributed by atoms with Gasteiger partial charge in [0.05, 0.1) is 6.04 Å². The van der Waals surface area contributed by atoms with Crippen LogP contribution in [-0.2, 0) is 0 Å². The number of rotatable bonds is 6. The first-order valence-electron chi connectivity index (χ1n) is 6.96. The molecule has 1 atom stereocenters. The monoisotopic (exact) mass is 308 g/mol. The third-order valence-electron chi connectivity index (χ3n) is 3.26. The van der Waals surface area contributed by atoms with Crippen molar-refractivity contribution >= 4 is 16.7 Å². The van der Waals surface area contributed by atoms with Gasteiger partial charge in [0.2, 0.25) is 5.13 Å². The number of likely N-dealkylation sites (N-methyl/N-ethyl adjacent to an activating group) is 1. The van der Waals surface area contributed by atoms with Crippen molar-refractivity contribution in [3.63, 3.8) is 0 Å². The molecule has 6 heteroatoms. The molecular formula is C15H21FN4S. The molecule has 1 unspecified atom stereocenters. The summed E-state index contributed by atoms with van der Waals surface area (Å²) in [6.45, 7) is 4.80. The third kappa shape index (κ3) is 4.22. The Hall–Kier alpha value is -1.53. The van der Waals surface area contributed by atoms with E-state index in [2.05, 4.69) is 33.4 Å². The molecule has 0 spiro atoms. The average molecular weight is 308 g/mol. The van der Waals surface area contributed by atoms with Crippen LogP contribution in [0.5, 0.6) is 0 Å². The average Bonchev–Trinajstić information content (AvgIpc) is 2.87. The molecule has 0 aliphatic rings. The zero-order valence-corrected chi connectivity index (χ0v) is 13.6. The van der Waals surface area contributed by atoms with Gasteiger partial charge in [-0.1, -0.05) is 26.0 Å². The van der Waals surface area contributed by atoms with Crippen LogP contribution < -0.4 is 5.32 Å². The topological polar surface area (TPSA) is 41.1 Å². The van der Waals surface area contributed by atoms with E-state index in [-0.39, 0.29) is 11.9 Å². The lowest BCUT2D eigenvalue weighted by Crippen LogP contribution is -2.26. The summed E-state index contributed by atoms with van der Waals surface area (Å²) in [7, 11) is 3.97. The predicted molar refractivity (Wildman–Crippen MR) is 85.3 cm³/mol. The molecule has 0 radical (unpaired) electrons. The lowest BCUT2D eigenvalue weighted by atomic mass is 10.1. The SMILES string of the molecule is CC(C)c1nsc(NCC(c2cccc(F)c2)N(C)C)n1. The fourth-order valence-electron chi connectivity index (χ4n) is 2.04. The fourth-order valence-corrected chi connectivity index (χ4v) is 2.75. The second-order valence-corrected chi connectivity index (χ2v) is 6.28. The Labute approximate surface area is 129 Å². The Morgan fingerprint density at radius 1 is 1.33 bits per heavy atom. The quantitative estimate of drug-likeness (QED) is 0.886. The smallest absolute Gasteiger partial charge is 0.202 e. The van der Waals surface area contributed by atoms with Gasteiger partial charge in [0.15, 0.2) is 0 Å². The van der Waals surface area contributed by atoms with E-state index >= 15 is 0 Å². The van der Waals surface area contributed by atoms with Crippen molar-refractivity contribution in [2.24, 2.45) is 0 Å². The van der Waals surface area contributed by atoms with Gasteiger partial charge in [-0.25, -0.2) is 9.37 Å². The Balaban J connectivity index is 2.06. The molecule has 0 fully saturated rings. The number of hydrogen-bond donors (Lipinski definition) is 1. The maximum atomic E-state index is 13.4. The Morgan fingerprint density at radius 3 is 2.67 bits per heavy atom. The first-order valence-corrected chi connectivity index (χ1v) is 7.74. The molecule has 0 saturated carbocycles. The summed E-state index contributed by atoms with van der Waals surface area (Å²) in [6, 6.07) is 6.79. The van der Waals surface area contributed by atoms with Crippen molar-refractivity contribution in [1.82, 2.24) is 14.3 Å². The maximum Gasteiger partial charge on any atom is 0.202 e. The summed E-state index contributed by atoms with van der Waals surface area (Å²) in [5.41, 5.74) is 0.945. The van der Waals surface area contributed by atoms with E-state index in [0.717, 1.165) is 16.5 Å². The van der Waals surface area contributed by atoms with Crippen LogP contribution in [0.25, 0.3) is 0 Å². The van der Waals surface area contributed by atoms with E-state index in [4.69, 9.17) is 0 Å². The van der Waals surface area contributed by atoms with Gasteiger partial charge in [0.25, 0.3) is 0 Å². The van der Waals surface area contributed by atoms with Gasteiger partial charge in [-0.15, -0.1) is 0 Å². The van der Waals surface area contributed by atoms with Gasteiger partial charge >= 0.3 is 0 Å². The highest BCUT2D eigenvalue weighted by molar-refractivity contribution is 7.09. The summed E-state index contributed by atoms with van der Waals surface area (Å²) in [6.07, 6.45) is 0. The number of halogens is 1. The molecule has 1 heterocycles. The van der Waals surface area contributed by atoms with Gasteiger partial charge < -0.3 is 10.2 Å². The van der Waals surface area contributed by atoms with Crippen LogP contribution in [0.4, 0.5) is 9.52 Å². The van der Waals surface area contributed by atoms with Gasteiger partial charge in [0.1, 0.15) is 11.6 Å². The molecule has 0 saturated heterocycles. The number of nitrogens with one attached hydrogen (secondary N) is 1. The predicted octanol–water partition coefficient (Wildman–Crippen LogP) is 3.52. The lowest BCUT2D eigenvalue weighted by Gasteiger charge is -2.25. The Bertz CT molecular complexity index is 583. The standard InChI is InChI=1S/C15H21FN4S/c1-10(2)14-18-15(21-19-14)17-9-13(20(3)4)11-6-5-7-12(16)8-11/h5-8,10,13H,9H2,1-4H3,(H,17,18,19). The zero-order valence-electron chi connectivity index (χ0n) is 12.8. The number of nitrogens with zero attached hydrogens (tertiary/aromatic N) is 3. The maximum absolute atomic E-state index is 13.4. The molecule has 0 aliphatic carbocycles. The van der Waals surface area contributed by atoms with E-state index in [1.54, 1.807) is 12.1 Å². The molecule has 1 aromatic carbocycles. The van der Waals surface area contributed by atoms with E-state index in [1.807, 2.05) is 20.2 Å². The minimum atomic E-state index is -0.211. The highest BCUT2D eigenvalue weighted by atomic mass is 32.1. The summed E-state index contributed by atoms with van der Waals surface area (Å²) < 4.78 is 17.7. The minimum Gasteiger partial charge on any atom is -0.358 e. The molecule has 4 nitrogen and oxygen atoms in total. The fraction of sp³-hybridized carbons (Fsp3) is 0.467. The van der Waals surface area contributed by atoms with Crippen molar-refractivity contribution in [1.29, 1.82) is 0 Å². The molecule has 1 N–H and O–H groups in total.